The molecule has 0 atom stereocenters. The molecule has 0 aliphatic heterocycles. The van der Waals surface area contributed by atoms with Crippen molar-refractivity contribution in [3.8, 4) is 0 Å². The Morgan fingerprint density at radius 1 is 1.62 bits per heavy atom. The van der Waals surface area contributed by atoms with Crippen LogP contribution in [0, 0.1) is 0 Å². The molecule has 1 aromatic rings. The van der Waals surface area contributed by atoms with Crippen LogP contribution in [0.1, 0.15) is 24.2 Å². The van der Waals surface area contributed by atoms with Crippen LogP contribution in [0.3, 0.4) is 0 Å². The quantitative estimate of drug-likeness (QED) is 0.756. The highest BCUT2D eigenvalue weighted by molar-refractivity contribution is 5.97. The monoisotopic (exact) mass is 223 g/mol. The first-order valence-corrected chi connectivity index (χ1v) is 5.20. The highest BCUT2D eigenvalue weighted by Gasteiger charge is 2.17. The van der Waals surface area contributed by atoms with Gasteiger partial charge in [-0.05, 0) is 26.0 Å². The summed E-state index contributed by atoms with van der Waals surface area (Å²) in [4.78, 5) is 17.2. The molecule has 0 fully saturated rings. The maximum atomic E-state index is 11.2. The van der Waals surface area contributed by atoms with Gasteiger partial charge in [0.25, 0.3) is 5.91 Å². The van der Waals surface area contributed by atoms with Crippen molar-refractivity contribution in [2.24, 2.45) is 5.73 Å². The fourth-order valence-electron chi connectivity index (χ4n) is 1.53. The molecular weight excluding hydrogens is 206 g/mol. The number of anilines is 1. The van der Waals surface area contributed by atoms with Crippen LogP contribution in [-0.2, 0) is 0 Å². The first kappa shape index (κ1) is 12.4. The molecule has 0 spiro atoms. The van der Waals surface area contributed by atoms with Gasteiger partial charge < -0.3 is 15.7 Å². The highest BCUT2D eigenvalue weighted by Crippen LogP contribution is 2.18. The summed E-state index contributed by atoms with van der Waals surface area (Å²) in [7, 11) is 0. The minimum Gasteiger partial charge on any atom is -0.395 e. The number of pyridine rings is 1. The van der Waals surface area contributed by atoms with E-state index in [9.17, 15) is 4.79 Å². The smallest absolute Gasteiger partial charge is 0.252 e. The number of carbonyl (C=O) groups excluding carboxylic acids is 1. The number of hydrogen-bond donors (Lipinski definition) is 2. The van der Waals surface area contributed by atoms with Crippen LogP contribution < -0.4 is 10.6 Å². The molecule has 1 heterocycles. The maximum absolute atomic E-state index is 11.2. The van der Waals surface area contributed by atoms with Gasteiger partial charge in [0.2, 0.25) is 0 Å². The van der Waals surface area contributed by atoms with E-state index in [4.69, 9.17) is 10.8 Å². The summed E-state index contributed by atoms with van der Waals surface area (Å²) < 4.78 is 0. The van der Waals surface area contributed by atoms with Gasteiger partial charge in [0, 0.05) is 18.8 Å². The van der Waals surface area contributed by atoms with Crippen LogP contribution in [0.15, 0.2) is 18.3 Å². The van der Waals surface area contributed by atoms with E-state index in [-0.39, 0.29) is 12.6 Å². The summed E-state index contributed by atoms with van der Waals surface area (Å²) in [5.74, 6) is 0.0192. The Morgan fingerprint density at radius 2 is 2.31 bits per heavy atom. The number of nitrogens with zero attached hydrogens (tertiary/aromatic N) is 2. The number of aliphatic hydroxyl groups is 1. The zero-order chi connectivity index (χ0) is 12.1. The summed E-state index contributed by atoms with van der Waals surface area (Å²) in [6.07, 6.45) is 1.61. The van der Waals surface area contributed by atoms with E-state index in [0.29, 0.717) is 17.9 Å². The Kier molecular flexibility index (Phi) is 4.25. The third-order valence-electron chi connectivity index (χ3n) is 2.29. The zero-order valence-electron chi connectivity index (χ0n) is 9.55. The first-order valence-electron chi connectivity index (χ1n) is 5.20. The third kappa shape index (κ3) is 2.70. The van der Waals surface area contributed by atoms with Crippen LogP contribution in [0.4, 0.5) is 5.82 Å². The molecule has 0 aliphatic rings. The van der Waals surface area contributed by atoms with Crippen LogP contribution in [-0.4, -0.2) is 35.2 Å². The van der Waals surface area contributed by atoms with Gasteiger partial charge in [-0.2, -0.15) is 0 Å². The normalized spacial score (nSPS) is 10.5. The molecule has 5 heteroatoms. The maximum Gasteiger partial charge on any atom is 0.252 e. The number of aliphatic hydroxyl groups excluding tert-OH is 1. The van der Waals surface area contributed by atoms with Crippen molar-refractivity contribution in [1.29, 1.82) is 0 Å². The van der Waals surface area contributed by atoms with Crippen molar-refractivity contribution >= 4 is 11.7 Å². The number of amides is 1. The van der Waals surface area contributed by atoms with E-state index in [0.717, 1.165) is 0 Å². The van der Waals surface area contributed by atoms with Gasteiger partial charge >= 0.3 is 0 Å². The van der Waals surface area contributed by atoms with Crippen molar-refractivity contribution in [2.45, 2.75) is 19.9 Å². The predicted molar refractivity (Wildman–Crippen MR) is 62.3 cm³/mol. The average Bonchev–Trinajstić information content (AvgIpc) is 2.25. The average molecular weight is 223 g/mol. The first-order chi connectivity index (χ1) is 7.57. The molecule has 0 radical (unpaired) electrons. The van der Waals surface area contributed by atoms with E-state index in [1.807, 2.05) is 18.7 Å². The summed E-state index contributed by atoms with van der Waals surface area (Å²) in [5.41, 5.74) is 5.66. The number of hydrogen-bond acceptors (Lipinski definition) is 4. The van der Waals surface area contributed by atoms with Crippen molar-refractivity contribution in [3.63, 3.8) is 0 Å². The van der Waals surface area contributed by atoms with Crippen LogP contribution in [0.25, 0.3) is 0 Å². The van der Waals surface area contributed by atoms with Crippen LogP contribution in [0.2, 0.25) is 0 Å². The zero-order valence-corrected chi connectivity index (χ0v) is 9.55. The summed E-state index contributed by atoms with van der Waals surface area (Å²) >= 11 is 0. The second-order valence-corrected chi connectivity index (χ2v) is 3.75. The summed E-state index contributed by atoms with van der Waals surface area (Å²) in [5, 5.41) is 8.99. The van der Waals surface area contributed by atoms with Gasteiger partial charge in [-0.3, -0.25) is 4.79 Å². The highest BCUT2D eigenvalue weighted by atomic mass is 16.3. The second-order valence-electron chi connectivity index (χ2n) is 3.75. The van der Waals surface area contributed by atoms with Gasteiger partial charge in [0.1, 0.15) is 5.82 Å². The summed E-state index contributed by atoms with van der Waals surface area (Å²) in [6, 6.07) is 3.44. The number of rotatable bonds is 5. The minimum absolute atomic E-state index is 0.00690. The Hall–Kier alpha value is -1.62. The predicted octanol–water partition coefficient (Wildman–Crippen LogP) is 0.388. The fourth-order valence-corrected chi connectivity index (χ4v) is 1.53. The molecule has 1 rings (SSSR count). The Balaban J connectivity index is 3.12. The van der Waals surface area contributed by atoms with Crippen molar-refractivity contribution < 1.29 is 9.90 Å². The Labute approximate surface area is 94.9 Å². The molecule has 0 bridgehead atoms. The molecule has 0 unspecified atom stereocenters. The van der Waals surface area contributed by atoms with E-state index in [1.165, 1.54) is 0 Å². The fraction of sp³-hybridized carbons (Fsp3) is 0.455. The number of aromatic nitrogens is 1. The minimum atomic E-state index is -0.508. The second kappa shape index (κ2) is 5.46. The lowest BCUT2D eigenvalue weighted by atomic mass is 10.2. The van der Waals surface area contributed by atoms with E-state index in [1.54, 1.807) is 18.3 Å². The molecule has 0 saturated heterocycles. The molecule has 0 saturated carbocycles. The molecule has 16 heavy (non-hydrogen) atoms. The van der Waals surface area contributed by atoms with Gasteiger partial charge in [-0.15, -0.1) is 0 Å². The van der Waals surface area contributed by atoms with E-state index < -0.39 is 5.91 Å². The number of nitrogens with two attached hydrogens (primary N) is 1. The standard InChI is InChI=1S/C11H17N3O2/c1-8(2)14(6-7-15)11-9(10(12)16)4-3-5-13-11/h3-5,8,15H,6-7H2,1-2H3,(H2,12,16). The molecule has 5 nitrogen and oxygen atoms in total. The third-order valence-corrected chi connectivity index (χ3v) is 2.29. The molecular formula is C11H17N3O2. The SMILES string of the molecule is CC(C)N(CCO)c1ncccc1C(N)=O. The summed E-state index contributed by atoms with van der Waals surface area (Å²) in [6.45, 7) is 4.37. The Morgan fingerprint density at radius 3 is 2.81 bits per heavy atom. The number of carbonyl (C=O) groups is 1. The largest absolute Gasteiger partial charge is 0.395 e. The molecule has 0 aliphatic carbocycles. The van der Waals surface area contributed by atoms with Gasteiger partial charge in [0.15, 0.2) is 0 Å². The van der Waals surface area contributed by atoms with Crippen molar-refractivity contribution in [2.75, 3.05) is 18.1 Å². The lowest BCUT2D eigenvalue weighted by Crippen LogP contribution is -2.35. The molecule has 88 valence electrons. The van der Waals surface area contributed by atoms with Gasteiger partial charge in [0.05, 0.1) is 12.2 Å². The molecule has 3 N–H and O–H groups in total. The molecule has 1 amide bonds. The van der Waals surface area contributed by atoms with Crippen LogP contribution >= 0.6 is 0 Å². The van der Waals surface area contributed by atoms with E-state index in [2.05, 4.69) is 4.98 Å². The van der Waals surface area contributed by atoms with Crippen molar-refractivity contribution in [3.05, 3.63) is 23.9 Å². The molecule has 0 aromatic carbocycles. The number of primary amides is 1. The lowest BCUT2D eigenvalue weighted by Gasteiger charge is -2.28. The van der Waals surface area contributed by atoms with E-state index >= 15 is 0 Å². The lowest BCUT2D eigenvalue weighted by molar-refractivity contribution is 0.100. The van der Waals surface area contributed by atoms with Gasteiger partial charge in [-0.25, -0.2) is 4.98 Å². The molecule has 1 aromatic heterocycles. The van der Waals surface area contributed by atoms with Gasteiger partial charge in [-0.1, -0.05) is 0 Å². The Bertz CT molecular complexity index is 366. The topological polar surface area (TPSA) is 79.4 Å². The van der Waals surface area contributed by atoms with Crippen molar-refractivity contribution in [1.82, 2.24) is 4.98 Å². The van der Waals surface area contributed by atoms with Crippen LogP contribution in [0.5, 0.6) is 0 Å².